The molecule has 13 heteroatoms. The molecule has 0 aromatic heterocycles. The Labute approximate surface area is 236 Å². The number of carboxylic acid groups (broad SMARTS) is 1. The van der Waals surface area contributed by atoms with E-state index in [0.29, 0.717) is 20.5 Å². The zero-order chi connectivity index (χ0) is 27.6. The molecule has 2 amide bonds. The molecule has 2 aliphatic rings. The largest absolute Gasteiger partial charge is 0.477 e. The van der Waals surface area contributed by atoms with Crippen molar-refractivity contribution in [1.82, 2.24) is 10.2 Å². The maximum Gasteiger partial charge on any atom is 0.352 e. The van der Waals surface area contributed by atoms with E-state index in [1.807, 2.05) is 0 Å². The number of β-lactam (4-membered cyclic amide) rings is 1. The summed E-state index contributed by atoms with van der Waals surface area (Å²) in [7, 11) is 1.27. The van der Waals surface area contributed by atoms with Crippen LogP contribution < -0.4 is 5.32 Å². The Hall–Kier alpha value is -2.70. The predicted molar refractivity (Wildman–Crippen MR) is 144 cm³/mol. The minimum absolute atomic E-state index is 0.0920. The molecule has 2 aliphatic heterocycles. The standard InChI is InChI=1S/C25H22Cl2N2O7S2/c1-13(30)36-21(14-6-4-3-5-7-14)16-11-38-24-25(35-2,23(34)29(24)20(16)22(32)33)28-19(31)12-37-18-10-15(26)8-9-17(18)27/h3-10,21,24H,11-12H2,1-2H3,(H,28,31)(H,32,33)/t21?,24-,25?/m1/s1. The molecule has 2 N–H and O–H groups in total. The second-order valence-electron chi connectivity index (χ2n) is 8.27. The van der Waals surface area contributed by atoms with Gasteiger partial charge in [0.15, 0.2) is 6.10 Å². The van der Waals surface area contributed by atoms with Gasteiger partial charge in [-0.15, -0.1) is 23.5 Å². The molecule has 3 atom stereocenters. The summed E-state index contributed by atoms with van der Waals surface area (Å²) in [6.45, 7) is 1.23. The fourth-order valence-electron chi connectivity index (χ4n) is 4.21. The summed E-state index contributed by atoms with van der Waals surface area (Å²) in [5, 5.41) is 12.8. The number of carbonyl (C=O) groups excluding carboxylic acids is 3. The van der Waals surface area contributed by atoms with Crippen LogP contribution in [-0.2, 0) is 28.7 Å². The summed E-state index contributed by atoms with van der Waals surface area (Å²) in [4.78, 5) is 52.2. The Kier molecular flexibility index (Phi) is 8.63. The lowest BCUT2D eigenvalue weighted by molar-refractivity contribution is -0.192. The first-order chi connectivity index (χ1) is 18.1. The summed E-state index contributed by atoms with van der Waals surface area (Å²) < 4.78 is 11.0. The fraction of sp³-hybridized carbons (Fsp3) is 0.280. The lowest BCUT2D eigenvalue weighted by atomic mass is 9.94. The van der Waals surface area contributed by atoms with Crippen LogP contribution in [0.5, 0.6) is 0 Å². The van der Waals surface area contributed by atoms with Gasteiger partial charge >= 0.3 is 11.9 Å². The van der Waals surface area contributed by atoms with Gasteiger partial charge in [0.2, 0.25) is 5.91 Å². The number of hydrogen-bond acceptors (Lipinski definition) is 8. The predicted octanol–water partition coefficient (Wildman–Crippen LogP) is 4.10. The average Bonchev–Trinajstić information content (AvgIpc) is 2.90. The van der Waals surface area contributed by atoms with E-state index in [1.165, 1.54) is 25.8 Å². The van der Waals surface area contributed by atoms with E-state index in [-0.39, 0.29) is 22.8 Å². The zero-order valence-electron chi connectivity index (χ0n) is 20.1. The first-order valence-corrected chi connectivity index (χ1v) is 14.0. The number of fused-ring (bicyclic) bond motifs is 1. The summed E-state index contributed by atoms with van der Waals surface area (Å²) >= 11 is 14.5. The molecule has 38 heavy (non-hydrogen) atoms. The molecule has 2 aromatic rings. The lowest BCUT2D eigenvalue weighted by Gasteiger charge is -2.56. The number of esters is 1. The van der Waals surface area contributed by atoms with E-state index >= 15 is 0 Å². The molecule has 0 spiro atoms. The van der Waals surface area contributed by atoms with Crippen LogP contribution in [0, 0.1) is 0 Å². The number of rotatable bonds is 9. The molecular formula is C25H22Cl2N2O7S2. The Morgan fingerprint density at radius 3 is 2.58 bits per heavy atom. The molecular weight excluding hydrogens is 575 g/mol. The molecule has 9 nitrogen and oxygen atoms in total. The lowest BCUT2D eigenvalue weighted by Crippen LogP contribution is -2.80. The maximum atomic E-state index is 13.4. The van der Waals surface area contributed by atoms with Gasteiger partial charge in [0.1, 0.15) is 11.1 Å². The van der Waals surface area contributed by atoms with E-state index in [1.54, 1.807) is 48.5 Å². The first-order valence-electron chi connectivity index (χ1n) is 11.2. The third-order valence-corrected chi connectivity index (χ3v) is 8.93. The summed E-state index contributed by atoms with van der Waals surface area (Å²) in [5.41, 5.74) is -1.27. The number of carbonyl (C=O) groups is 4. The monoisotopic (exact) mass is 596 g/mol. The highest BCUT2D eigenvalue weighted by molar-refractivity contribution is 8.00. The molecule has 2 unspecified atom stereocenters. The van der Waals surface area contributed by atoms with Crippen molar-refractivity contribution in [1.29, 1.82) is 0 Å². The van der Waals surface area contributed by atoms with Crippen LogP contribution in [0.25, 0.3) is 0 Å². The van der Waals surface area contributed by atoms with E-state index in [4.69, 9.17) is 32.7 Å². The number of thioether (sulfide) groups is 2. The Morgan fingerprint density at radius 2 is 1.95 bits per heavy atom. The van der Waals surface area contributed by atoms with Gasteiger partial charge in [-0.1, -0.05) is 53.5 Å². The first kappa shape index (κ1) is 28.3. The molecule has 1 saturated heterocycles. The van der Waals surface area contributed by atoms with Gasteiger partial charge < -0.3 is 19.9 Å². The van der Waals surface area contributed by atoms with Gasteiger partial charge in [-0.2, -0.15) is 0 Å². The molecule has 1 fully saturated rings. The Balaban J connectivity index is 1.59. The second kappa shape index (κ2) is 11.6. The third kappa shape index (κ3) is 5.39. The van der Waals surface area contributed by atoms with Crippen LogP contribution in [0.3, 0.4) is 0 Å². The topological polar surface area (TPSA) is 122 Å². The van der Waals surface area contributed by atoms with Crippen LogP contribution in [0.15, 0.2) is 64.7 Å². The van der Waals surface area contributed by atoms with Gasteiger partial charge in [0.05, 0.1) is 10.8 Å². The number of carboxylic acids is 1. The highest BCUT2D eigenvalue weighted by Gasteiger charge is 2.67. The number of methoxy groups -OCH3 is 1. The van der Waals surface area contributed by atoms with Gasteiger partial charge in [-0.3, -0.25) is 19.3 Å². The Morgan fingerprint density at radius 1 is 1.24 bits per heavy atom. The van der Waals surface area contributed by atoms with Crippen molar-refractivity contribution in [3.05, 3.63) is 75.4 Å². The van der Waals surface area contributed by atoms with Gasteiger partial charge in [0.25, 0.3) is 11.6 Å². The third-order valence-electron chi connectivity index (χ3n) is 5.86. The van der Waals surface area contributed by atoms with Crippen LogP contribution in [-0.4, -0.2) is 63.5 Å². The molecule has 4 rings (SSSR count). The summed E-state index contributed by atoms with van der Waals surface area (Å²) in [5.74, 6) is -3.22. The quantitative estimate of drug-likeness (QED) is 0.190. The molecule has 2 aromatic carbocycles. The highest BCUT2D eigenvalue weighted by atomic mass is 35.5. The van der Waals surface area contributed by atoms with Crippen LogP contribution in [0.2, 0.25) is 10.0 Å². The van der Waals surface area contributed by atoms with Gasteiger partial charge in [-0.05, 0) is 23.8 Å². The maximum absolute atomic E-state index is 13.4. The number of halogens is 2. The normalized spacial score (nSPS) is 21.3. The van der Waals surface area contributed by atoms with Gasteiger partial charge in [0, 0.05) is 35.3 Å². The van der Waals surface area contributed by atoms with E-state index in [0.717, 1.165) is 16.7 Å². The molecule has 200 valence electrons. The number of ether oxygens (including phenoxy) is 2. The van der Waals surface area contributed by atoms with E-state index in [2.05, 4.69) is 5.32 Å². The highest BCUT2D eigenvalue weighted by Crippen LogP contribution is 2.49. The van der Waals surface area contributed by atoms with Crippen molar-refractivity contribution in [3.63, 3.8) is 0 Å². The minimum atomic E-state index is -1.77. The average molecular weight is 597 g/mol. The number of benzene rings is 2. The number of amides is 2. The zero-order valence-corrected chi connectivity index (χ0v) is 23.2. The number of nitrogens with zero attached hydrogens (tertiary/aromatic N) is 1. The molecule has 0 saturated carbocycles. The second-order valence-corrected chi connectivity index (χ2v) is 11.2. The summed E-state index contributed by atoms with van der Waals surface area (Å²) in [6, 6.07) is 13.5. The smallest absolute Gasteiger partial charge is 0.352 e. The molecule has 2 heterocycles. The van der Waals surface area contributed by atoms with E-state index in [9.17, 15) is 24.3 Å². The minimum Gasteiger partial charge on any atom is -0.477 e. The van der Waals surface area contributed by atoms with E-state index < -0.39 is 41.0 Å². The summed E-state index contributed by atoms with van der Waals surface area (Å²) in [6.07, 6.45) is -1.01. The van der Waals surface area contributed by atoms with Crippen LogP contribution in [0.4, 0.5) is 0 Å². The molecule has 0 bridgehead atoms. The van der Waals surface area contributed by atoms with Crippen molar-refractivity contribution in [2.24, 2.45) is 0 Å². The van der Waals surface area contributed by atoms with Crippen molar-refractivity contribution in [2.75, 3.05) is 18.6 Å². The van der Waals surface area contributed by atoms with Crippen LogP contribution >= 0.6 is 46.7 Å². The van der Waals surface area contributed by atoms with Crippen molar-refractivity contribution in [3.8, 4) is 0 Å². The SMILES string of the molecule is COC1(NC(=O)CSc2cc(Cl)ccc2Cl)C(=O)N2C(C(=O)O)=C(C(OC(C)=O)c3ccccc3)CS[C@@H]21. The van der Waals surface area contributed by atoms with Crippen molar-refractivity contribution in [2.45, 2.75) is 29.0 Å². The van der Waals surface area contributed by atoms with Crippen molar-refractivity contribution < 1.29 is 33.8 Å². The molecule has 0 aliphatic carbocycles. The fourth-order valence-corrected chi connectivity index (χ4v) is 6.97. The number of aliphatic carboxylic acids is 1. The number of hydrogen-bond donors (Lipinski definition) is 2. The number of nitrogens with one attached hydrogen (secondary N) is 1. The van der Waals surface area contributed by atoms with Crippen molar-refractivity contribution >= 4 is 70.5 Å². The Bertz CT molecular complexity index is 1320. The van der Waals surface area contributed by atoms with Gasteiger partial charge in [-0.25, -0.2) is 4.79 Å². The molecule has 0 radical (unpaired) electrons. The van der Waals surface area contributed by atoms with Crippen LogP contribution in [0.1, 0.15) is 18.6 Å².